The van der Waals surface area contributed by atoms with Crippen LogP contribution in [0.25, 0.3) is 10.9 Å². The molecule has 18 heavy (non-hydrogen) atoms. The van der Waals surface area contributed by atoms with E-state index in [1.54, 1.807) is 13.2 Å². The van der Waals surface area contributed by atoms with Crippen LogP contribution >= 0.6 is 0 Å². The molecule has 0 fully saturated rings. The highest BCUT2D eigenvalue weighted by molar-refractivity contribution is 5.88. The van der Waals surface area contributed by atoms with E-state index in [2.05, 4.69) is 0 Å². The standard InChI is InChI=1S/C14H18FNO2/c1-10-14(17)12-9-11(15)5-6-13(12)16(10)7-3-4-8-18-2/h5-6,9,17H,3-4,7-8H2,1-2H3. The van der Waals surface area contributed by atoms with Gasteiger partial charge in [-0.1, -0.05) is 0 Å². The number of hydrogen-bond acceptors (Lipinski definition) is 2. The predicted octanol–water partition coefficient (Wildman–Crippen LogP) is 3.22. The van der Waals surface area contributed by atoms with E-state index in [-0.39, 0.29) is 11.6 Å². The largest absolute Gasteiger partial charge is 0.505 e. The Morgan fingerprint density at radius 3 is 2.83 bits per heavy atom. The van der Waals surface area contributed by atoms with Crippen LogP contribution in [0.15, 0.2) is 18.2 Å². The highest BCUT2D eigenvalue weighted by atomic mass is 19.1. The SMILES string of the molecule is COCCCCn1c(C)c(O)c2cc(F)ccc21. The van der Waals surface area contributed by atoms with E-state index in [0.717, 1.165) is 37.2 Å². The minimum atomic E-state index is -0.325. The third-order valence-corrected chi connectivity index (χ3v) is 3.23. The number of methoxy groups -OCH3 is 1. The number of benzene rings is 1. The van der Waals surface area contributed by atoms with E-state index in [1.165, 1.54) is 12.1 Å². The summed E-state index contributed by atoms with van der Waals surface area (Å²) in [5.74, 6) is -0.148. The molecule has 1 aromatic heterocycles. The first-order valence-corrected chi connectivity index (χ1v) is 6.11. The number of rotatable bonds is 5. The smallest absolute Gasteiger partial charge is 0.144 e. The Bertz CT molecular complexity index is 548. The molecule has 2 aromatic rings. The molecule has 2 rings (SSSR count). The molecular weight excluding hydrogens is 233 g/mol. The van der Waals surface area contributed by atoms with Crippen molar-refractivity contribution < 1.29 is 14.2 Å². The van der Waals surface area contributed by atoms with Gasteiger partial charge in [-0.3, -0.25) is 0 Å². The lowest BCUT2D eigenvalue weighted by atomic mass is 10.2. The number of aromatic nitrogens is 1. The second-order valence-electron chi connectivity index (χ2n) is 4.45. The van der Waals surface area contributed by atoms with Crippen LogP contribution < -0.4 is 0 Å². The van der Waals surface area contributed by atoms with Crippen molar-refractivity contribution in [1.29, 1.82) is 0 Å². The third-order valence-electron chi connectivity index (χ3n) is 3.23. The predicted molar refractivity (Wildman–Crippen MR) is 69.4 cm³/mol. The number of halogens is 1. The van der Waals surface area contributed by atoms with Crippen LogP contribution in [0.1, 0.15) is 18.5 Å². The molecule has 4 heteroatoms. The van der Waals surface area contributed by atoms with Gasteiger partial charge in [0.15, 0.2) is 0 Å². The highest BCUT2D eigenvalue weighted by Crippen LogP contribution is 2.32. The maximum absolute atomic E-state index is 13.2. The molecule has 0 atom stereocenters. The quantitative estimate of drug-likeness (QED) is 0.828. The molecular formula is C14H18FNO2. The first-order chi connectivity index (χ1) is 8.65. The average Bonchev–Trinajstić information content (AvgIpc) is 2.59. The van der Waals surface area contributed by atoms with E-state index in [0.29, 0.717) is 5.39 Å². The van der Waals surface area contributed by atoms with Gasteiger partial charge in [0.1, 0.15) is 11.6 Å². The van der Waals surface area contributed by atoms with E-state index >= 15 is 0 Å². The number of aromatic hydroxyl groups is 1. The second-order valence-corrected chi connectivity index (χ2v) is 4.45. The normalized spacial score (nSPS) is 11.3. The van der Waals surface area contributed by atoms with Crippen LogP contribution in [0.5, 0.6) is 5.75 Å². The summed E-state index contributed by atoms with van der Waals surface area (Å²) < 4.78 is 20.2. The molecule has 0 aliphatic heterocycles. The fraction of sp³-hybridized carbons (Fsp3) is 0.429. The molecule has 0 unspecified atom stereocenters. The van der Waals surface area contributed by atoms with Crippen molar-refractivity contribution in [1.82, 2.24) is 4.57 Å². The van der Waals surface area contributed by atoms with Crippen LogP contribution in [0.2, 0.25) is 0 Å². The first kappa shape index (κ1) is 12.9. The Kier molecular flexibility index (Phi) is 3.87. The Morgan fingerprint density at radius 2 is 2.11 bits per heavy atom. The number of fused-ring (bicyclic) bond motifs is 1. The van der Waals surface area contributed by atoms with Gasteiger partial charge in [0, 0.05) is 25.6 Å². The highest BCUT2D eigenvalue weighted by Gasteiger charge is 2.13. The van der Waals surface area contributed by atoms with Crippen LogP contribution in [0, 0.1) is 12.7 Å². The van der Waals surface area contributed by atoms with Gasteiger partial charge in [0.25, 0.3) is 0 Å². The lowest BCUT2D eigenvalue weighted by molar-refractivity contribution is 0.191. The molecule has 0 saturated carbocycles. The summed E-state index contributed by atoms with van der Waals surface area (Å²) in [6.45, 7) is 3.39. The molecule has 0 spiro atoms. The minimum absolute atomic E-state index is 0.177. The summed E-state index contributed by atoms with van der Waals surface area (Å²) in [7, 11) is 1.69. The molecule has 98 valence electrons. The van der Waals surface area contributed by atoms with E-state index in [1.807, 2.05) is 11.5 Å². The number of nitrogens with zero attached hydrogens (tertiary/aromatic N) is 1. The van der Waals surface area contributed by atoms with Crippen molar-refractivity contribution in [2.45, 2.75) is 26.3 Å². The van der Waals surface area contributed by atoms with Crippen LogP contribution in [0.4, 0.5) is 4.39 Å². The second kappa shape index (κ2) is 5.40. The summed E-state index contributed by atoms with van der Waals surface area (Å²) in [6, 6.07) is 4.52. The molecule has 0 amide bonds. The maximum Gasteiger partial charge on any atom is 0.144 e. The Labute approximate surface area is 106 Å². The van der Waals surface area contributed by atoms with Gasteiger partial charge < -0.3 is 14.4 Å². The average molecular weight is 251 g/mol. The molecule has 0 bridgehead atoms. The molecule has 0 aliphatic carbocycles. The van der Waals surface area contributed by atoms with Gasteiger partial charge in [-0.15, -0.1) is 0 Å². The fourth-order valence-corrected chi connectivity index (χ4v) is 2.24. The van der Waals surface area contributed by atoms with E-state index in [4.69, 9.17) is 4.74 Å². The Hall–Kier alpha value is -1.55. The van der Waals surface area contributed by atoms with Crippen molar-refractivity contribution >= 4 is 10.9 Å². The van der Waals surface area contributed by atoms with Crippen LogP contribution in [-0.4, -0.2) is 23.4 Å². The molecule has 1 heterocycles. The topological polar surface area (TPSA) is 34.4 Å². The molecule has 0 saturated heterocycles. The van der Waals surface area contributed by atoms with Crippen molar-refractivity contribution in [2.24, 2.45) is 0 Å². The number of hydrogen-bond donors (Lipinski definition) is 1. The Morgan fingerprint density at radius 1 is 1.33 bits per heavy atom. The van der Waals surface area contributed by atoms with Gasteiger partial charge in [-0.2, -0.15) is 0 Å². The van der Waals surface area contributed by atoms with Crippen molar-refractivity contribution in [3.05, 3.63) is 29.7 Å². The Balaban J connectivity index is 2.29. The van der Waals surface area contributed by atoms with Crippen molar-refractivity contribution in [2.75, 3.05) is 13.7 Å². The zero-order chi connectivity index (χ0) is 13.1. The van der Waals surface area contributed by atoms with E-state index < -0.39 is 0 Å². The zero-order valence-corrected chi connectivity index (χ0v) is 10.7. The van der Waals surface area contributed by atoms with Crippen LogP contribution in [0.3, 0.4) is 0 Å². The third kappa shape index (κ3) is 2.34. The number of unbranched alkanes of at least 4 members (excludes halogenated alkanes) is 1. The van der Waals surface area contributed by atoms with Crippen molar-refractivity contribution in [3.63, 3.8) is 0 Å². The lowest BCUT2D eigenvalue weighted by Crippen LogP contribution is -2.01. The monoisotopic (exact) mass is 251 g/mol. The fourth-order valence-electron chi connectivity index (χ4n) is 2.24. The van der Waals surface area contributed by atoms with E-state index in [9.17, 15) is 9.50 Å². The first-order valence-electron chi connectivity index (χ1n) is 6.11. The van der Waals surface area contributed by atoms with Gasteiger partial charge >= 0.3 is 0 Å². The summed E-state index contributed by atoms with van der Waals surface area (Å²) >= 11 is 0. The molecule has 0 aliphatic rings. The summed E-state index contributed by atoms with van der Waals surface area (Å²) in [5, 5.41) is 10.6. The molecule has 0 radical (unpaired) electrons. The summed E-state index contributed by atoms with van der Waals surface area (Å²) in [6.07, 6.45) is 1.94. The molecule has 1 aromatic carbocycles. The summed E-state index contributed by atoms with van der Waals surface area (Å²) in [4.78, 5) is 0. The number of aryl methyl sites for hydroxylation is 1. The summed E-state index contributed by atoms with van der Waals surface area (Å²) in [5.41, 5.74) is 1.66. The van der Waals surface area contributed by atoms with Gasteiger partial charge in [-0.05, 0) is 38.0 Å². The van der Waals surface area contributed by atoms with Crippen LogP contribution in [-0.2, 0) is 11.3 Å². The van der Waals surface area contributed by atoms with Gasteiger partial charge in [-0.25, -0.2) is 4.39 Å². The lowest BCUT2D eigenvalue weighted by Gasteiger charge is -2.07. The van der Waals surface area contributed by atoms with Gasteiger partial charge in [0.2, 0.25) is 0 Å². The zero-order valence-electron chi connectivity index (χ0n) is 10.7. The molecule has 1 N–H and O–H groups in total. The maximum atomic E-state index is 13.2. The van der Waals surface area contributed by atoms with Gasteiger partial charge in [0.05, 0.1) is 11.2 Å². The minimum Gasteiger partial charge on any atom is -0.505 e. The molecule has 3 nitrogen and oxygen atoms in total. The number of ether oxygens (including phenoxy) is 1. The van der Waals surface area contributed by atoms with Crippen molar-refractivity contribution in [3.8, 4) is 5.75 Å².